The number of carbonyl (C=O) groups is 1. The summed E-state index contributed by atoms with van der Waals surface area (Å²) in [5.41, 5.74) is -0.162. The minimum absolute atomic E-state index is 0.154. The second-order valence-corrected chi connectivity index (χ2v) is 7.58. The van der Waals surface area contributed by atoms with Gasteiger partial charge in [-0.3, -0.25) is 4.79 Å². The molecule has 2 rings (SSSR count). The molecule has 0 radical (unpaired) electrons. The first-order chi connectivity index (χ1) is 9.38. The lowest BCUT2D eigenvalue weighted by atomic mass is 9.79. The molecule has 1 aromatic rings. The first-order valence-corrected chi connectivity index (χ1v) is 8.43. The number of amides is 1. The number of carbonyl (C=O) groups excluding carboxylic acids is 1. The van der Waals surface area contributed by atoms with Crippen molar-refractivity contribution < 1.29 is 9.90 Å². The van der Waals surface area contributed by atoms with E-state index in [-0.39, 0.29) is 5.91 Å². The van der Waals surface area contributed by atoms with E-state index in [1.54, 1.807) is 12.1 Å². The third-order valence-corrected chi connectivity index (χ3v) is 4.82. The molecule has 0 heterocycles. The molecule has 1 aliphatic rings. The van der Waals surface area contributed by atoms with Crippen LogP contribution in [-0.2, 0) is 0 Å². The van der Waals surface area contributed by atoms with Gasteiger partial charge in [0.15, 0.2) is 0 Å². The molecular formula is C15H19Br2NO2. The van der Waals surface area contributed by atoms with Crippen LogP contribution in [0.4, 0.5) is 0 Å². The maximum atomic E-state index is 12.1. The van der Waals surface area contributed by atoms with Gasteiger partial charge in [-0.05, 0) is 49.8 Å². The SMILES string of the molecule is CC1CCC(O)(CNC(=O)c2cc(Br)cc(Br)c2)CC1. The largest absolute Gasteiger partial charge is 0.388 e. The van der Waals surface area contributed by atoms with E-state index < -0.39 is 5.60 Å². The molecule has 1 fully saturated rings. The van der Waals surface area contributed by atoms with Crippen molar-refractivity contribution in [1.29, 1.82) is 0 Å². The van der Waals surface area contributed by atoms with E-state index >= 15 is 0 Å². The molecule has 20 heavy (non-hydrogen) atoms. The molecule has 0 atom stereocenters. The van der Waals surface area contributed by atoms with Gasteiger partial charge in [0.1, 0.15) is 0 Å². The van der Waals surface area contributed by atoms with Crippen LogP contribution in [0.25, 0.3) is 0 Å². The fourth-order valence-electron chi connectivity index (χ4n) is 2.51. The molecule has 5 heteroatoms. The van der Waals surface area contributed by atoms with Crippen molar-refractivity contribution in [2.45, 2.75) is 38.2 Å². The molecule has 2 N–H and O–H groups in total. The maximum Gasteiger partial charge on any atom is 0.251 e. The molecule has 0 spiro atoms. The van der Waals surface area contributed by atoms with Crippen LogP contribution in [0.1, 0.15) is 43.0 Å². The van der Waals surface area contributed by atoms with Crippen LogP contribution in [0, 0.1) is 5.92 Å². The Hall–Kier alpha value is -0.390. The van der Waals surface area contributed by atoms with Gasteiger partial charge in [0, 0.05) is 21.1 Å². The topological polar surface area (TPSA) is 49.3 Å². The second kappa shape index (κ2) is 6.58. The Labute approximate surface area is 136 Å². The lowest BCUT2D eigenvalue weighted by Crippen LogP contribution is -2.45. The molecular weight excluding hydrogens is 386 g/mol. The normalized spacial score (nSPS) is 26.3. The van der Waals surface area contributed by atoms with E-state index in [1.165, 1.54) is 0 Å². The van der Waals surface area contributed by atoms with Crippen molar-refractivity contribution in [2.24, 2.45) is 5.92 Å². The number of benzene rings is 1. The molecule has 0 unspecified atom stereocenters. The smallest absolute Gasteiger partial charge is 0.251 e. The molecule has 110 valence electrons. The number of hydrogen-bond donors (Lipinski definition) is 2. The average Bonchev–Trinajstić information content (AvgIpc) is 2.39. The van der Waals surface area contributed by atoms with E-state index in [4.69, 9.17) is 0 Å². The monoisotopic (exact) mass is 403 g/mol. The van der Waals surface area contributed by atoms with E-state index in [2.05, 4.69) is 44.1 Å². The minimum atomic E-state index is -0.745. The standard InChI is InChI=1S/C15H19Br2NO2/c1-10-2-4-15(20,5-3-10)9-18-14(19)11-6-12(16)8-13(17)7-11/h6-8,10,20H,2-5,9H2,1H3,(H,18,19). The average molecular weight is 405 g/mol. The summed E-state index contributed by atoms with van der Waals surface area (Å²) in [5, 5.41) is 13.3. The first kappa shape index (κ1) is 16.0. The van der Waals surface area contributed by atoms with Crippen molar-refractivity contribution in [3.05, 3.63) is 32.7 Å². The van der Waals surface area contributed by atoms with Crippen LogP contribution in [0.2, 0.25) is 0 Å². The zero-order valence-electron chi connectivity index (χ0n) is 11.5. The van der Waals surface area contributed by atoms with Gasteiger partial charge in [-0.2, -0.15) is 0 Å². The summed E-state index contributed by atoms with van der Waals surface area (Å²) in [6.45, 7) is 2.53. The molecule has 0 bridgehead atoms. The number of halogens is 2. The molecule has 0 aromatic heterocycles. The summed E-state index contributed by atoms with van der Waals surface area (Å²) in [7, 11) is 0. The fraction of sp³-hybridized carbons (Fsp3) is 0.533. The van der Waals surface area contributed by atoms with Crippen molar-refractivity contribution in [3.63, 3.8) is 0 Å². The van der Waals surface area contributed by atoms with Crippen LogP contribution < -0.4 is 5.32 Å². The van der Waals surface area contributed by atoms with E-state index in [0.717, 1.165) is 34.6 Å². The quantitative estimate of drug-likeness (QED) is 0.802. The summed E-state index contributed by atoms with van der Waals surface area (Å²) in [6, 6.07) is 5.42. The summed E-state index contributed by atoms with van der Waals surface area (Å²) in [5.74, 6) is 0.519. The Balaban J connectivity index is 1.95. The van der Waals surface area contributed by atoms with Gasteiger partial charge in [0.05, 0.1) is 5.60 Å². The second-order valence-electron chi connectivity index (χ2n) is 5.75. The molecule has 1 aromatic carbocycles. The summed E-state index contributed by atoms with van der Waals surface area (Å²) in [4.78, 5) is 12.1. The zero-order chi connectivity index (χ0) is 14.8. The van der Waals surface area contributed by atoms with Crippen molar-refractivity contribution in [1.82, 2.24) is 5.32 Å². The van der Waals surface area contributed by atoms with Gasteiger partial charge in [0.25, 0.3) is 5.91 Å². The van der Waals surface area contributed by atoms with Gasteiger partial charge in [-0.25, -0.2) is 0 Å². The first-order valence-electron chi connectivity index (χ1n) is 6.85. The van der Waals surface area contributed by atoms with Crippen LogP contribution in [0.15, 0.2) is 27.1 Å². The Morgan fingerprint density at radius 1 is 1.30 bits per heavy atom. The highest BCUT2D eigenvalue weighted by Crippen LogP contribution is 2.31. The number of rotatable bonds is 3. The zero-order valence-corrected chi connectivity index (χ0v) is 14.6. The Kier molecular flexibility index (Phi) is 5.26. The van der Waals surface area contributed by atoms with E-state index in [0.29, 0.717) is 18.0 Å². The molecule has 0 saturated heterocycles. The summed E-state index contributed by atoms with van der Waals surface area (Å²) < 4.78 is 1.70. The van der Waals surface area contributed by atoms with Gasteiger partial charge >= 0.3 is 0 Å². The summed E-state index contributed by atoms with van der Waals surface area (Å²) in [6.07, 6.45) is 3.57. The molecule has 0 aliphatic heterocycles. The van der Waals surface area contributed by atoms with Gasteiger partial charge < -0.3 is 10.4 Å². The minimum Gasteiger partial charge on any atom is -0.388 e. The van der Waals surface area contributed by atoms with Crippen molar-refractivity contribution in [2.75, 3.05) is 6.54 Å². The number of aliphatic hydroxyl groups is 1. The van der Waals surface area contributed by atoms with Crippen molar-refractivity contribution in [3.8, 4) is 0 Å². The Bertz CT molecular complexity index is 476. The maximum absolute atomic E-state index is 12.1. The molecule has 3 nitrogen and oxygen atoms in total. The molecule has 1 amide bonds. The highest BCUT2D eigenvalue weighted by molar-refractivity contribution is 9.11. The fourth-order valence-corrected chi connectivity index (χ4v) is 3.80. The third kappa shape index (κ3) is 4.30. The summed E-state index contributed by atoms with van der Waals surface area (Å²) >= 11 is 6.73. The molecule has 1 saturated carbocycles. The van der Waals surface area contributed by atoms with Gasteiger partial charge in [-0.15, -0.1) is 0 Å². The van der Waals surface area contributed by atoms with Crippen LogP contribution in [0.3, 0.4) is 0 Å². The number of hydrogen-bond acceptors (Lipinski definition) is 2. The highest BCUT2D eigenvalue weighted by Gasteiger charge is 2.32. The van der Waals surface area contributed by atoms with Crippen molar-refractivity contribution >= 4 is 37.8 Å². The van der Waals surface area contributed by atoms with E-state index in [1.807, 2.05) is 6.07 Å². The lowest BCUT2D eigenvalue weighted by Gasteiger charge is -2.34. The third-order valence-electron chi connectivity index (χ3n) is 3.91. The lowest BCUT2D eigenvalue weighted by molar-refractivity contribution is -0.00540. The van der Waals surface area contributed by atoms with E-state index in [9.17, 15) is 9.90 Å². The van der Waals surface area contributed by atoms with Crippen LogP contribution >= 0.6 is 31.9 Å². The predicted octanol–water partition coefficient (Wildman–Crippen LogP) is 3.88. The Morgan fingerprint density at radius 2 is 1.85 bits per heavy atom. The Morgan fingerprint density at radius 3 is 2.40 bits per heavy atom. The van der Waals surface area contributed by atoms with Gasteiger partial charge in [0.2, 0.25) is 0 Å². The predicted molar refractivity (Wildman–Crippen MR) is 86.8 cm³/mol. The number of nitrogens with one attached hydrogen (secondary N) is 1. The van der Waals surface area contributed by atoms with Gasteiger partial charge in [-0.1, -0.05) is 38.8 Å². The highest BCUT2D eigenvalue weighted by atomic mass is 79.9. The molecule has 1 aliphatic carbocycles. The van der Waals surface area contributed by atoms with Crippen LogP contribution in [0.5, 0.6) is 0 Å². The van der Waals surface area contributed by atoms with Crippen LogP contribution in [-0.4, -0.2) is 23.2 Å².